The molecule has 0 aliphatic carbocycles. The Morgan fingerprint density at radius 3 is 2.41 bits per heavy atom. The number of nitrogens with zero attached hydrogens (tertiary/aromatic N) is 1. The lowest BCUT2D eigenvalue weighted by Crippen LogP contribution is -2.46. The summed E-state index contributed by atoms with van der Waals surface area (Å²) in [6, 6.07) is 15.5. The van der Waals surface area contributed by atoms with Crippen LogP contribution < -0.4 is 0 Å². The molecule has 0 N–H and O–H groups in total. The molecule has 5 heteroatoms. The molecule has 0 atom stereocenters. The van der Waals surface area contributed by atoms with Crippen molar-refractivity contribution < 1.29 is 18.7 Å². The summed E-state index contributed by atoms with van der Waals surface area (Å²) in [4.78, 5) is 26.1. The van der Waals surface area contributed by atoms with Gasteiger partial charge in [-0.15, -0.1) is 0 Å². The third-order valence-electron chi connectivity index (χ3n) is 3.89. The lowest BCUT2D eigenvalue weighted by Gasteiger charge is -2.35. The highest BCUT2D eigenvalue weighted by Crippen LogP contribution is 2.18. The fraction of sp³-hybridized carbons (Fsp3) is 0.273. The van der Waals surface area contributed by atoms with Gasteiger partial charge in [0.15, 0.2) is 6.61 Å². The van der Waals surface area contributed by atoms with Gasteiger partial charge in [0.2, 0.25) is 0 Å². The lowest BCUT2D eigenvalue weighted by molar-refractivity contribution is -0.151. The van der Waals surface area contributed by atoms with Crippen molar-refractivity contribution in [2.24, 2.45) is 0 Å². The molecule has 2 aromatic rings. The maximum atomic E-state index is 13.1. The molecular formula is C22H24FNO3. The van der Waals surface area contributed by atoms with Crippen LogP contribution in [-0.2, 0) is 20.9 Å². The molecule has 2 rings (SSSR count). The molecule has 0 heterocycles. The summed E-state index contributed by atoms with van der Waals surface area (Å²) in [6.07, 6.45) is 2.63. The summed E-state index contributed by atoms with van der Waals surface area (Å²) in [5, 5.41) is 0. The number of ether oxygens (including phenoxy) is 1. The zero-order valence-corrected chi connectivity index (χ0v) is 15.8. The molecule has 142 valence electrons. The fourth-order valence-corrected chi connectivity index (χ4v) is 2.50. The van der Waals surface area contributed by atoms with Crippen molar-refractivity contribution in [3.8, 4) is 0 Å². The third-order valence-corrected chi connectivity index (χ3v) is 3.89. The van der Waals surface area contributed by atoms with Gasteiger partial charge >= 0.3 is 5.97 Å². The van der Waals surface area contributed by atoms with Gasteiger partial charge in [-0.25, -0.2) is 9.18 Å². The molecule has 0 aliphatic rings. The van der Waals surface area contributed by atoms with Crippen LogP contribution >= 0.6 is 0 Å². The number of carbonyl (C=O) groups is 2. The van der Waals surface area contributed by atoms with Crippen LogP contribution in [0.15, 0.2) is 60.7 Å². The molecule has 0 aromatic heterocycles. The third kappa shape index (κ3) is 6.70. The van der Waals surface area contributed by atoms with E-state index in [0.717, 1.165) is 5.56 Å². The molecule has 0 fully saturated rings. The van der Waals surface area contributed by atoms with Gasteiger partial charge in [-0.3, -0.25) is 4.79 Å². The van der Waals surface area contributed by atoms with Crippen molar-refractivity contribution in [1.82, 2.24) is 4.90 Å². The van der Waals surface area contributed by atoms with Gasteiger partial charge in [0, 0.05) is 18.2 Å². The highest BCUT2D eigenvalue weighted by atomic mass is 19.1. The summed E-state index contributed by atoms with van der Waals surface area (Å²) in [5.74, 6) is -1.32. The quantitative estimate of drug-likeness (QED) is 0.566. The predicted molar refractivity (Wildman–Crippen MR) is 103 cm³/mol. The molecule has 0 saturated carbocycles. The molecule has 2 aromatic carbocycles. The predicted octanol–water partition coefficient (Wildman–Crippen LogP) is 4.21. The number of halogens is 1. The van der Waals surface area contributed by atoms with E-state index in [2.05, 4.69) is 0 Å². The Kier molecular flexibility index (Phi) is 6.88. The molecule has 0 radical (unpaired) electrons. The number of esters is 1. The van der Waals surface area contributed by atoms with E-state index >= 15 is 0 Å². The molecule has 4 nitrogen and oxygen atoms in total. The van der Waals surface area contributed by atoms with Crippen LogP contribution in [0.4, 0.5) is 4.39 Å². The number of hydrogen-bond donors (Lipinski definition) is 0. The molecular weight excluding hydrogens is 345 g/mol. The summed E-state index contributed by atoms with van der Waals surface area (Å²) < 4.78 is 18.2. The first-order valence-electron chi connectivity index (χ1n) is 8.70. The minimum absolute atomic E-state index is 0.279. The molecule has 0 aliphatic heterocycles. The van der Waals surface area contributed by atoms with Crippen molar-refractivity contribution in [2.45, 2.75) is 32.9 Å². The Labute approximate surface area is 159 Å². The van der Waals surface area contributed by atoms with Crippen LogP contribution in [0.2, 0.25) is 0 Å². The zero-order valence-electron chi connectivity index (χ0n) is 15.8. The highest BCUT2D eigenvalue weighted by molar-refractivity contribution is 5.89. The number of amides is 1. The highest BCUT2D eigenvalue weighted by Gasteiger charge is 2.27. The Bertz CT molecular complexity index is 810. The van der Waals surface area contributed by atoms with Crippen LogP contribution in [0.3, 0.4) is 0 Å². The van der Waals surface area contributed by atoms with E-state index in [9.17, 15) is 14.0 Å². The minimum atomic E-state index is -0.652. The summed E-state index contributed by atoms with van der Waals surface area (Å²) >= 11 is 0. The van der Waals surface area contributed by atoms with Crippen molar-refractivity contribution >= 4 is 18.0 Å². The van der Waals surface area contributed by atoms with E-state index < -0.39 is 11.5 Å². The maximum absolute atomic E-state index is 13.1. The van der Waals surface area contributed by atoms with Crippen LogP contribution in [0.1, 0.15) is 31.9 Å². The molecule has 0 spiro atoms. The van der Waals surface area contributed by atoms with Crippen molar-refractivity contribution in [3.63, 3.8) is 0 Å². The number of benzene rings is 2. The topological polar surface area (TPSA) is 46.6 Å². The number of rotatable bonds is 6. The van der Waals surface area contributed by atoms with Gasteiger partial charge in [0.25, 0.3) is 5.91 Å². The van der Waals surface area contributed by atoms with Gasteiger partial charge in [-0.1, -0.05) is 42.5 Å². The van der Waals surface area contributed by atoms with E-state index in [-0.39, 0.29) is 18.3 Å². The van der Waals surface area contributed by atoms with Crippen molar-refractivity contribution in [1.29, 1.82) is 0 Å². The van der Waals surface area contributed by atoms with Gasteiger partial charge in [-0.05, 0) is 50.1 Å². The lowest BCUT2D eigenvalue weighted by atomic mass is 10.0. The largest absolute Gasteiger partial charge is 0.452 e. The van der Waals surface area contributed by atoms with E-state index in [4.69, 9.17) is 4.74 Å². The second-order valence-electron chi connectivity index (χ2n) is 7.13. The monoisotopic (exact) mass is 369 g/mol. The van der Waals surface area contributed by atoms with E-state index in [1.165, 1.54) is 24.3 Å². The van der Waals surface area contributed by atoms with E-state index in [0.29, 0.717) is 12.1 Å². The Hall–Kier alpha value is -2.95. The molecule has 1 amide bonds. The second kappa shape index (κ2) is 9.12. The Morgan fingerprint density at radius 2 is 1.78 bits per heavy atom. The van der Waals surface area contributed by atoms with Crippen LogP contribution in [-0.4, -0.2) is 28.9 Å². The first kappa shape index (κ1) is 20.4. The normalized spacial score (nSPS) is 11.4. The van der Waals surface area contributed by atoms with Crippen molar-refractivity contribution in [3.05, 3.63) is 77.6 Å². The SMILES string of the molecule is CC(C)(C)N(Cc1ccccc1)C(=O)COC(=O)/C=C/c1cccc(F)c1. The zero-order chi connectivity index (χ0) is 19.9. The summed E-state index contributed by atoms with van der Waals surface area (Å²) in [5.41, 5.74) is 1.12. The van der Waals surface area contributed by atoms with Gasteiger partial charge < -0.3 is 9.64 Å². The summed E-state index contributed by atoms with van der Waals surface area (Å²) in [6.45, 7) is 5.87. The standard InChI is InChI=1S/C22H24FNO3/c1-22(2,3)24(15-18-8-5-4-6-9-18)20(25)16-27-21(26)13-12-17-10-7-11-19(23)14-17/h4-14H,15-16H2,1-3H3/b13-12+. The molecule has 0 bridgehead atoms. The van der Waals surface area contributed by atoms with Crippen LogP contribution in [0, 0.1) is 5.82 Å². The van der Waals surface area contributed by atoms with Gasteiger partial charge in [0.1, 0.15) is 5.82 Å². The molecule has 27 heavy (non-hydrogen) atoms. The average molecular weight is 369 g/mol. The fourth-order valence-electron chi connectivity index (χ4n) is 2.50. The maximum Gasteiger partial charge on any atom is 0.331 e. The van der Waals surface area contributed by atoms with Crippen molar-refractivity contribution in [2.75, 3.05) is 6.61 Å². The summed E-state index contributed by atoms with van der Waals surface area (Å²) in [7, 11) is 0. The van der Waals surface area contributed by atoms with Gasteiger partial charge in [0.05, 0.1) is 0 Å². The second-order valence-corrected chi connectivity index (χ2v) is 7.13. The first-order chi connectivity index (χ1) is 12.8. The van der Waals surface area contributed by atoms with Crippen LogP contribution in [0.25, 0.3) is 6.08 Å². The number of hydrogen-bond acceptors (Lipinski definition) is 3. The first-order valence-corrected chi connectivity index (χ1v) is 8.70. The van der Waals surface area contributed by atoms with Gasteiger partial charge in [-0.2, -0.15) is 0 Å². The minimum Gasteiger partial charge on any atom is -0.452 e. The molecule has 0 unspecified atom stereocenters. The average Bonchev–Trinajstić information content (AvgIpc) is 2.62. The smallest absolute Gasteiger partial charge is 0.331 e. The Balaban J connectivity index is 1.95. The Morgan fingerprint density at radius 1 is 1.07 bits per heavy atom. The van der Waals surface area contributed by atoms with E-state index in [1.54, 1.807) is 17.0 Å². The van der Waals surface area contributed by atoms with E-state index in [1.807, 2.05) is 51.1 Å². The number of carbonyl (C=O) groups excluding carboxylic acids is 2. The van der Waals surface area contributed by atoms with Crippen LogP contribution in [0.5, 0.6) is 0 Å². The molecule has 0 saturated heterocycles.